The molecule has 1 saturated heterocycles. The highest BCUT2D eigenvalue weighted by atomic mass is 79.9. The van der Waals surface area contributed by atoms with E-state index in [0.29, 0.717) is 6.42 Å². The van der Waals surface area contributed by atoms with Gasteiger partial charge < -0.3 is 0 Å². The molecule has 1 atom stereocenters. The molecular formula is C17H18BrNO2S. The van der Waals surface area contributed by atoms with Crippen molar-refractivity contribution >= 4 is 49.6 Å². The van der Waals surface area contributed by atoms with Crippen molar-refractivity contribution < 1.29 is 9.59 Å². The molecule has 3 rings (SSSR count). The van der Waals surface area contributed by atoms with Crippen molar-refractivity contribution in [3.8, 4) is 0 Å². The van der Waals surface area contributed by atoms with Crippen LogP contribution in [-0.4, -0.2) is 16.4 Å². The molecule has 0 bridgehead atoms. The lowest BCUT2D eigenvalue weighted by molar-refractivity contribution is -0.119. The summed E-state index contributed by atoms with van der Waals surface area (Å²) in [4.78, 5) is 22.7. The molecule has 1 heterocycles. The van der Waals surface area contributed by atoms with Crippen LogP contribution in [0.25, 0.3) is 10.8 Å². The number of amides is 2. The van der Waals surface area contributed by atoms with Crippen LogP contribution in [0.2, 0.25) is 0 Å². The highest BCUT2D eigenvalue weighted by Gasteiger charge is 2.31. The largest absolute Gasteiger partial charge is 0.286 e. The number of nitrogens with one attached hydrogen (secondary N) is 1. The second-order valence-electron chi connectivity index (χ2n) is 4.68. The molecule has 0 spiro atoms. The summed E-state index contributed by atoms with van der Waals surface area (Å²) in [5.41, 5.74) is 1.16. The molecular weight excluding hydrogens is 362 g/mol. The highest BCUT2D eigenvalue weighted by molar-refractivity contribution is 9.10. The highest BCUT2D eigenvalue weighted by Crippen LogP contribution is 2.30. The van der Waals surface area contributed by atoms with Gasteiger partial charge >= 0.3 is 0 Å². The maximum Gasteiger partial charge on any atom is 0.286 e. The molecule has 0 aromatic heterocycles. The van der Waals surface area contributed by atoms with E-state index in [0.717, 1.165) is 28.2 Å². The van der Waals surface area contributed by atoms with Gasteiger partial charge in [0.05, 0.1) is 5.25 Å². The molecule has 0 saturated carbocycles. The Kier molecular flexibility index (Phi) is 6.03. The first-order valence-electron chi connectivity index (χ1n) is 7.33. The predicted molar refractivity (Wildman–Crippen MR) is 96.2 cm³/mol. The van der Waals surface area contributed by atoms with Crippen LogP contribution in [0.5, 0.6) is 0 Å². The normalized spacial score (nSPS) is 17.1. The molecule has 1 N–H and O–H groups in total. The molecule has 0 aliphatic carbocycles. The zero-order chi connectivity index (χ0) is 16.1. The fourth-order valence-electron chi connectivity index (χ4n) is 2.34. The number of hydrogen-bond donors (Lipinski definition) is 1. The van der Waals surface area contributed by atoms with Crippen molar-refractivity contribution in [2.45, 2.75) is 31.9 Å². The predicted octanol–water partition coefficient (Wildman–Crippen LogP) is 4.91. The number of aryl methyl sites for hydroxylation is 1. The third kappa shape index (κ3) is 3.70. The lowest BCUT2D eigenvalue weighted by Gasteiger charge is -2.09. The van der Waals surface area contributed by atoms with E-state index in [1.165, 1.54) is 10.8 Å². The number of thioether (sulfide) groups is 1. The zero-order valence-electron chi connectivity index (χ0n) is 12.6. The average Bonchev–Trinajstić information content (AvgIpc) is 2.87. The van der Waals surface area contributed by atoms with E-state index < -0.39 is 0 Å². The van der Waals surface area contributed by atoms with Gasteiger partial charge in [-0.3, -0.25) is 14.9 Å². The van der Waals surface area contributed by atoms with Crippen LogP contribution in [0.1, 0.15) is 25.8 Å². The van der Waals surface area contributed by atoms with E-state index in [1.54, 1.807) is 0 Å². The van der Waals surface area contributed by atoms with Gasteiger partial charge in [-0.05, 0) is 45.1 Å². The fraction of sp³-hybridized carbons (Fsp3) is 0.294. The van der Waals surface area contributed by atoms with Crippen molar-refractivity contribution in [2.24, 2.45) is 0 Å². The summed E-state index contributed by atoms with van der Waals surface area (Å²) in [7, 11) is 0. The summed E-state index contributed by atoms with van der Waals surface area (Å²) >= 11 is 4.73. The summed E-state index contributed by atoms with van der Waals surface area (Å²) < 4.78 is 1.07. The monoisotopic (exact) mass is 379 g/mol. The van der Waals surface area contributed by atoms with Crippen LogP contribution < -0.4 is 5.32 Å². The first-order chi connectivity index (χ1) is 10.6. The molecule has 5 heteroatoms. The molecule has 3 nitrogen and oxygen atoms in total. The third-order valence-electron chi connectivity index (χ3n) is 3.39. The number of halogens is 1. The third-order valence-corrected chi connectivity index (χ3v) is 5.37. The average molecular weight is 380 g/mol. The summed E-state index contributed by atoms with van der Waals surface area (Å²) in [6, 6.07) is 12.3. The first kappa shape index (κ1) is 17.0. The first-order valence-corrected chi connectivity index (χ1v) is 9.00. The van der Waals surface area contributed by atoms with Crippen LogP contribution in [0.15, 0.2) is 40.9 Å². The molecule has 1 fully saturated rings. The van der Waals surface area contributed by atoms with E-state index in [-0.39, 0.29) is 16.4 Å². The number of rotatable bonds is 3. The van der Waals surface area contributed by atoms with E-state index in [2.05, 4.69) is 45.5 Å². The summed E-state index contributed by atoms with van der Waals surface area (Å²) in [6.45, 7) is 4.00. The van der Waals surface area contributed by atoms with Gasteiger partial charge in [-0.25, -0.2) is 0 Å². The van der Waals surface area contributed by atoms with Gasteiger partial charge in [-0.15, -0.1) is 0 Å². The van der Waals surface area contributed by atoms with E-state index in [4.69, 9.17) is 0 Å². The standard InChI is InChI=1S/C15H12BrNO2S.C2H6/c16-13-10(6-5-9-3-1-2-4-11(9)13)7-8-12-14(18)17-15(19)20-12;1-2/h1-6,12H,7-8H2,(H,17,18,19);1-2H3. The smallest absolute Gasteiger partial charge is 0.286 e. The van der Waals surface area contributed by atoms with Crippen LogP contribution in [0.3, 0.4) is 0 Å². The summed E-state index contributed by atoms with van der Waals surface area (Å²) in [5, 5.41) is 4.18. The molecule has 2 aromatic carbocycles. The van der Waals surface area contributed by atoms with Crippen LogP contribution in [-0.2, 0) is 11.2 Å². The quantitative estimate of drug-likeness (QED) is 0.823. The van der Waals surface area contributed by atoms with Crippen LogP contribution in [0, 0.1) is 0 Å². The molecule has 0 radical (unpaired) electrons. The van der Waals surface area contributed by atoms with Gasteiger partial charge in [0.2, 0.25) is 5.91 Å². The zero-order valence-corrected chi connectivity index (χ0v) is 15.0. The van der Waals surface area contributed by atoms with Gasteiger partial charge in [-0.1, -0.05) is 62.0 Å². The molecule has 1 aliphatic heterocycles. The Bertz CT molecular complexity index is 702. The minimum Gasteiger partial charge on any atom is -0.286 e. The van der Waals surface area contributed by atoms with Gasteiger partial charge in [-0.2, -0.15) is 0 Å². The number of carbonyl (C=O) groups is 2. The van der Waals surface area contributed by atoms with Gasteiger partial charge in [0.15, 0.2) is 0 Å². The number of hydrogen-bond acceptors (Lipinski definition) is 3. The van der Waals surface area contributed by atoms with Crippen molar-refractivity contribution in [3.05, 3.63) is 46.4 Å². The van der Waals surface area contributed by atoms with Crippen LogP contribution >= 0.6 is 27.7 Å². The van der Waals surface area contributed by atoms with E-state index in [1.807, 2.05) is 26.0 Å². The Labute approximate surface area is 143 Å². The van der Waals surface area contributed by atoms with E-state index in [9.17, 15) is 9.59 Å². The Hall–Kier alpha value is -1.33. The molecule has 22 heavy (non-hydrogen) atoms. The maximum atomic E-state index is 11.5. The second kappa shape index (κ2) is 7.79. The van der Waals surface area contributed by atoms with Crippen molar-refractivity contribution in [1.29, 1.82) is 0 Å². The topological polar surface area (TPSA) is 46.2 Å². The van der Waals surface area contributed by atoms with Crippen molar-refractivity contribution in [3.63, 3.8) is 0 Å². The Morgan fingerprint density at radius 2 is 1.86 bits per heavy atom. The summed E-state index contributed by atoms with van der Waals surface area (Å²) in [5.74, 6) is -0.170. The van der Waals surface area contributed by atoms with Gasteiger partial charge in [0.1, 0.15) is 0 Å². The number of fused-ring (bicyclic) bond motifs is 1. The Balaban J connectivity index is 0.000000847. The summed E-state index contributed by atoms with van der Waals surface area (Å²) in [6.07, 6.45) is 1.43. The van der Waals surface area contributed by atoms with Gasteiger partial charge in [0, 0.05) is 4.47 Å². The SMILES string of the molecule is CC.O=C1NC(=O)C(CCc2ccc3ccccc3c2Br)S1. The molecule has 1 unspecified atom stereocenters. The number of benzene rings is 2. The Morgan fingerprint density at radius 1 is 1.14 bits per heavy atom. The van der Waals surface area contributed by atoms with Crippen molar-refractivity contribution in [2.75, 3.05) is 0 Å². The van der Waals surface area contributed by atoms with Gasteiger partial charge in [0.25, 0.3) is 5.24 Å². The fourth-order valence-corrected chi connectivity index (χ4v) is 3.85. The van der Waals surface area contributed by atoms with Crippen LogP contribution in [0.4, 0.5) is 4.79 Å². The molecule has 2 amide bonds. The van der Waals surface area contributed by atoms with E-state index >= 15 is 0 Å². The number of imide groups is 1. The lowest BCUT2D eigenvalue weighted by atomic mass is 10.0. The minimum absolute atomic E-state index is 0.170. The number of carbonyl (C=O) groups excluding carboxylic acids is 2. The maximum absolute atomic E-state index is 11.5. The molecule has 1 aliphatic rings. The minimum atomic E-state index is -0.263. The molecule has 116 valence electrons. The second-order valence-corrected chi connectivity index (χ2v) is 6.65. The van der Waals surface area contributed by atoms with Crippen molar-refractivity contribution in [1.82, 2.24) is 5.32 Å². The molecule has 2 aromatic rings. The lowest BCUT2D eigenvalue weighted by Crippen LogP contribution is -2.24. The Morgan fingerprint density at radius 3 is 2.55 bits per heavy atom.